The zero-order chi connectivity index (χ0) is 20.7. The molecule has 0 spiro atoms. The fraction of sp³-hybridized carbons (Fsp3) is 0.278. The Kier molecular flexibility index (Phi) is 7.44. The number of amides is 1. The molecule has 1 aromatic carbocycles. The van der Waals surface area contributed by atoms with E-state index >= 15 is 0 Å². The molecule has 1 heterocycles. The molecule has 2 aromatic rings. The molecule has 1 amide bonds. The van der Waals surface area contributed by atoms with Crippen molar-refractivity contribution in [1.29, 1.82) is 0 Å². The van der Waals surface area contributed by atoms with E-state index in [9.17, 15) is 18.0 Å². The fourth-order valence-electron chi connectivity index (χ4n) is 2.22. The van der Waals surface area contributed by atoms with E-state index < -0.39 is 16.0 Å². The second-order valence-electron chi connectivity index (χ2n) is 5.63. The van der Waals surface area contributed by atoms with Crippen LogP contribution in [-0.4, -0.2) is 38.4 Å². The van der Waals surface area contributed by atoms with Crippen LogP contribution >= 0.6 is 11.3 Å². The van der Waals surface area contributed by atoms with E-state index in [1.807, 2.05) is 6.92 Å². The minimum absolute atomic E-state index is 0.0407. The van der Waals surface area contributed by atoms with Gasteiger partial charge in [0, 0.05) is 25.4 Å². The van der Waals surface area contributed by atoms with E-state index in [0.29, 0.717) is 17.4 Å². The SMILES string of the molecule is C=CCNS(=O)(=O)c1ccc(C(=O)OCc2csc(N(CC)C(C)=O)n2)cc1. The smallest absolute Gasteiger partial charge is 0.338 e. The first-order valence-corrected chi connectivity index (χ1v) is 10.7. The maximum Gasteiger partial charge on any atom is 0.338 e. The summed E-state index contributed by atoms with van der Waals surface area (Å²) < 4.78 is 31.6. The van der Waals surface area contributed by atoms with Gasteiger partial charge < -0.3 is 4.74 Å². The topological polar surface area (TPSA) is 106 Å². The van der Waals surface area contributed by atoms with Crippen molar-refractivity contribution in [3.63, 3.8) is 0 Å². The second kappa shape index (κ2) is 9.58. The lowest BCUT2D eigenvalue weighted by Crippen LogP contribution is -2.27. The van der Waals surface area contributed by atoms with Gasteiger partial charge in [0.05, 0.1) is 16.2 Å². The lowest BCUT2D eigenvalue weighted by Gasteiger charge is -2.14. The number of sulfonamides is 1. The third kappa shape index (κ3) is 5.47. The minimum Gasteiger partial charge on any atom is -0.456 e. The predicted molar refractivity (Wildman–Crippen MR) is 107 cm³/mol. The lowest BCUT2D eigenvalue weighted by molar-refractivity contribution is -0.116. The van der Waals surface area contributed by atoms with Crippen LogP contribution in [-0.2, 0) is 26.2 Å². The molecule has 150 valence electrons. The number of rotatable bonds is 9. The molecule has 0 radical (unpaired) electrons. The number of thiazole rings is 1. The van der Waals surface area contributed by atoms with E-state index in [1.54, 1.807) is 5.38 Å². The summed E-state index contributed by atoms with van der Waals surface area (Å²) in [6, 6.07) is 5.42. The van der Waals surface area contributed by atoms with Gasteiger partial charge in [0.2, 0.25) is 15.9 Å². The molecule has 0 bridgehead atoms. The monoisotopic (exact) mass is 423 g/mol. The molecule has 0 aliphatic heterocycles. The van der Waals surface area contributed by atoms with Gasteiger partial charge in [0.15, 0.2) is 5.13 Å². The molecule has 0 saturated carbocycles. The van der Waals surface area contributed by atoms with Crippen LogP contribution < -0.4 is 9.62 Å². The summed E-state index contributed by atoms with van der Waals surface area (Å²) in [5, 5.41) is 2.26. The van der Waals surface area contributed by atoms with Crippen molar-refractivity contribution in [2.45, 2.75) is 25.3 Å². The molecule has 0 fully saturated rings. The van der Waals surface area contributed by atoms with Gasteiger partial charge in [-0.2, -0.15) is 0 Å². The van der Waals surface area contributed by atoms with Gasteiger partial charge in [-0.25, -0.2) is 22.9 Å². The predicted octanol–water partition coefficient (Wildman–Crippen LogP) is 2.34. The summed E-state index contributed by atoms with van der Waals surface area (Å²) in [5.74, 6) is -0.713. The number of anilines is 1. The highest BCUT2D eigenvalue weighted by Gasteiger charge is 2.16. The molecule has 1 N–H and O–H groups in total. The van der Waals surface area contributed by atoms with Crippen LogP contribution in [0, 0.1) is 0 Å². The minimum atomic E-state index is -3.65. The molecule has 0 saturated heterocycles. The fourth-order valence-corrected chi connectivity index (χ4v) is 4.14. The third-order valence-electron chi connectivity index (χ3n) is 3.64. The Hall–Kier alpha value is -2.56. The quantitative estimate of drug-likeness (QED) is 0.490. The average Bonchev–Trinajstić information content (AvgIpc) is 3.13. The van der Waals surface area contributed by atoms with Crippen LogP contribution in [0.3, 0.4) is 0 Å². The summed E-state index contributed by atoms with van der Waals surface area (Å²) in [6.07, 6.45) is 1.43. The Labute approximate surface area is 167 Å². The maximum absolute atomic E-state index is 12.2. The highest BCUT2D eigenvalue weighted by Crippen LogP contribution is 2.21. The van der Waals surface area contributed by atoms with Gasteiger partial charge in [-0.05, 0) is 31.2 Å². The first-order chi connectivity index (χ1) is 13.3. The van der Waals surface area contributed by atoms with Gasteiger partial charge in [-0.1, -0.05) is 6.08 Å². The maximum atomic E-state index is 12.2. The highest BCUT2D eigenvalue weighted by atomic mass is 32.2. The number of benzene rings is 1. The molecule has 0 aliphatic rings. The van der Waals surface area contributed by atoms with Crippen molar-refractivity contribution in [1.82, 2.24) is 9.71 Å². The Bertz CT molecular complexity index is 952. The number of carbonyl (C=O) groups is 2. The second-order valence-corrected chi connectivity index (χ2v) is 8.23. The van der Waals surface area contributed by atoms with Crippen molar-refractivity contribution in [2.75, 3.05) is 18.0 Å². The van der Waals surface area contributed by atoms with Crippen LogP contribution in [0.15, 0.2) is 47.2 Å². The normalized spacial score (nSPS) is 11.1. The molecule has 0 aliphatic carbocycles. The molecular formula is C18H21N3O5S2. The van der Waals surface area contributed by atoms with Crippen molar-refractivity contribution < 1.29 is 22.7 Å². The summed E-state index contributed by atoms with van der Waals surface area (Å²) in [5.41, 5.74) is 0.748. The lowest BCUT2D eigenvalue weighted by atomic mass is 10.2. The first kappa shape index (κ1) is 21.7. The van der Waals surface area contributed by atoms with E-state index in [0.717, 1.165) is 0 Å². The largest absolute Gasteiger partial charge is 0.456 e. The molecule has 2 rings (SSSR count). The molecule has 0 unspecified atom stereocenters. The van der Waals surface area contributed by atoms with Gasteiger partial charge in [0.25, 0.3) is 0 Å². The van der Waals surface area contributed by atoms with Crippen LogP contribution in [0.2, 0.25) is 0 Å². The number of carbonyl (C=O) groups excluding carboxylic acids is 2. The van der Waals surface area contributed by atoms with Crippen molar-refractivity contribution in [3.05, 3.63) is 53.6 Å². The van der Waals surface area contributed by atoms with Crippen molar-refractivity contribution in [3.8, 4) is 0 Å². The Morgan fingerprint density at radius 2 is 2.00 bits per heavy atom. The van der Waals surface area contributed by atoms with Gasteiger partial charge in [0.1, 0.15) is 6.61 Å². The van der Waals surface area contributed by atoms with Crippen LogP contribution in [0.5, 0.6) is 0 Å². The highest BCUT2D eigenvalue weighted by molar-refractivity contribution is 7.89. The zero-order valence-electron chi connectivity index (χ0n) is 15.5. The van der Waals surface area contributed by atoms with Crippen LogP contribution in [0.4, 0.5) is 5.13 Å². The average molecular weight is 424 g/mol. The van der Waals surface area contributed by atoms with Crippen LogP contribution in [0.25, 0.3) is 0 Å². The molecular weight excluding hydrogens is 402 g/mol. The molecule has 1 aromatic heterocycles. The van der Waals surface area contributed by atoms with Crippen LogP contribution in [0.1, 0.15) is 29.9 Å². The van der Waals surface area contributed by atoms with E-state index in [2.05, 4.69) is 16.3 Å². The number of hydrogen-bond donors (Lipinski definition) is 1. The number of hydrogen-bond acceptors (Lipinski definition) is 7. The summed E-state index contributed by atoms with van der Waals surface area (Å²) in [6.45, 7) is 7.32. The third-order valence-corrected chi connectivity index (χ3v) is 5.99. The Balaban J connectivity index is 1.99. The van der Waals surface area contributed by atoms with Crippen molar-refractivity contribution >= 4 is 38.4 Å². The van der Waals surface area contributed by atoms with Gasteiger partial charge in [-0.3, -0.25) is 9.69 Å². The van der Waals surface area contributed by atoms with Gasteiger partial charge in [-0.15, -0.1) is 17.9 Å². The van der Waals surface area contributed by atoms with E-state index in [4.69, 9.17) is 4.74 Å². The van der Waals surface area contributed by atoms with Gasteiger partial charge >= 0.3 is 5.97 Å². The zero-order valence-corrected chi connectivity index (χ0v) is 17.2. The molecule has 28 heavy (non-hydrogen) atoms. The van der Waals surface area contributed by atoms with Crippen molar-refractivity contribution in [2.24, 2.45) is 0 Å². The summed E-state index contributed by atoms with van der Waals surface area (Å²) in [7, 11) is -3.65. The Morgan fingerprint density at radius 1 is 1.32 bits per heavy atom. The van der Waals surface area contributed by atoms with E-state index in [1.165, 1.54) is 53.5 Å². The molecule has 10 heteroatoms. The molecule has 0 atom stereocenters. The standard InChI is InChI=1S/C18H21N3O5S2/c1-4-10-19-28(24,25)16-8-6-14(7-9-16)17(23)26-11-15-12-27-18(20-15)21(5-2)13(3)22/h4,6-9,12,19H,1,5,10-11H2,2-3H3. The van der Waals surface area contributed by atoms with E-state index in [-0.39, 0.29) is 29.5 Å². The number of nitrogens with one attached hydrogen (secondary N) is 1. The number of nitrogens with zero attached hydrogens (tertiary/aromatic N) is 2. The number of aromatic nitrogens is 1. The summed E-state index contributed by atoms with van der Waals surface area (Å²) in [4.78, 5) is 29.6. The summed E-state index contributed by atoms with van der Waals surface area (Å²) >= 11 is 1.29. The Morgan fingerprint density at radius 3 is 2.57 bits per heavy atom. The number of esters is 1. The first-order valence-electron chi connectivity index (χ1n) is 8.38. The molecule has 8 nitrogen and oxygen atoms in total. The number of ether oxygens (including phenoxy) is 1.